The summed E-state index contributed by atoms with van der Waals surface area (Å²) in [6, 6.07) is 0. The van der Waals surface area contributed by atoms with Crippen molar-refractivity contribution in [2.45, 2.75) is 277 Å². The summed E-state index contributed by atoms with van der Waals surface area (Å²) in [7, 11) is 0. The monoisotopic (exact) mass is 1080 g/mol. The number of carbonyl (C=O) groups excluding carboxylic acids is 3. The minimum absolute atomic E-state index is 0.0992. The van der Waals surface area contributed by atoms with Crippen LogP contribution < -0.4 is 0 Å². The summed E-state index contributed by atoms with van der Waals surface area (Å²) in [5.74, 6) is -0.951. The zero-order chi connectivity index (χ0) is 56.4. The standard InChI is InChI=1S/C72H116O6/c1-4-7-10-13-16-19-22-25-27-28-29-30-31-32-33-34-35-36-37-38-39-40-41-42-43-44-46-47-50-53-56-59-62-65-71(74)77-68-69(67-76-70(73)64-61-58-55-52-49-24-21-18-15-12-9-6-3)78-72(75)66-63-60-57-54-51-48-45-26-23-20-17-14-11-8-5-2/h7-8,10-11,16-17,19-20,25-27,29-30,32-33,35-36,38-39,41-42,45,51,54,69H,4-6,9,12-15,18,21-24,28,31,34,37,40,43-44,46-50,52-53,55-68H2,1-3H3/b10-7-,11-8-,19-16-,20-17-,27-25-,30-29-,33-32-,36-35-,39-38-,42-41-,45-26-,54-51-. The minimum Gasteiger partial charge on any atom is -0.462 e. The van der Waals surface area contributed by atoms with Gasteiger partial charge in [0, 0.05) is 19.3 Å². The van der Waals surface area contributed by atoms with E-state index in [2.05, 4.69) is 167 Å². The molecule has 1 unspecified atom stereocenters. The molecule has 0 aromatic carbocycles. The third-order valence-electron chi connectivity index (χ3n) is 13.1. The molecule has 0 N–H and O–H groups in total. The van der Waals surface area contributed by atoms with Crippen molar-refractivity contribution in [2.24, 2.45) is 0 Å². The zero-order valence-electron chi connectivity index (χ0n) is 50.4. The summed E-state index contributed by atoms with van der Waals surface area (Å²) in [4.78, 5) is 38.2. The van der Waals surface area contributed by atoms with E-state index in [4.69, 9.17) is 14.2 Å². The second-order valence-electron chi connectivity index (χ2n) is 20.6. The predicted molar refractivity (Wildman–Crippen MR) is 339 cm³/mol. The van der Waals surface area contributed by atoms with Gasteiger partial charge in [-0.1, -0.05) is 276 Å². The molecule has 78 heavy (non-hydrogen) atoms. The van der Waals surface area contributed by atoms with Crippen molar-refractivity contribution >= 4 is 17.9 Å². The topological polar surface area (TPSA) is 78.9 Å². The van der Waals surface area contributed by atoms with Crippen LogP contribution in [0.25, 0.3) is 0 Å². The molecule has 0 amide bonds. The van der Waals surface area contributed by atoms with E-state index in [0.717, 1.165) is 135 Å². The Morgan fingerprint density at radius 2 is 0.500 bits per heavy atom. The highest BCUT2D eigenvalue weighted by molar-refractivity contribution is 5.71. The lowest BCUT2D eigenvalue weighted by molar-refractivity contribution is -0.167. The molecule has 0 fully saturated rings. The van der Waals surface area contributed by atoms with Gasteiger partial charge in [0.1, 0.15) is 13.2 Å². The van der Waals surface area contributed by atoms with Crippen molar-refractivity contribution in [1.82, 2.24) is 0 Å². The summed E-state index contributed by atoms with van der Waals surface area (Å²) in [5, 5.41) is 0. The quantitative estimate of drug-likeness (QED) is 0.0261. The van der Waals surface area contributed by atoms with Crippen LogP contribution in [-0.4, -0.2) is 37.2 Å². The lowest BCUT2D eigenvalue weighted by Crippen LogP contribution is -2.30. The number of hydrogen-bond donors (Lipinski definition) is 0. The van der Waals surface area contributed by atoms with Crippen LogP contribution in [0.2, 0.25) is 0 Å². The molecule has 0 spiro atoms. The van der Waals surface area contributed by atoms with Crippen molar-refractivity contribution in [3.05, 3.63) is 146 Å². The molecule has 1 atom stereocenters. The average Bonchev–Trinajstić information content (AvgIpc) is 3.44. The van der Waals surface area contributed by atoms with Gasteiger partial charge in [0.2, 0.25) is 0 Å². The number of ether oxygens (including phenoxy) is 3. The normalized spacial score (nSPS) is 13.1. The Morgan fingerprint density at radius 3 is 0.808 bits per heavy atom. The van der Waals surface area contributed by atoms with E-state index in [1.807, 2.05) is 0 Å². The van der Waals surface area contributed by atoms with E-state index in [9.17, 15) is 14.4 Å². The number of hydrogen-bond acceptors (Lipinski definition) is 6. The number of carbonyl (C=O) groups is 3. The fraction of sp³-hybridized carbons (Fsp3) is 0.625. The highest BCUT2D eigenvalue weighted by Gasteiger charge is 2.19. The summed E-state index contributed by atoms with van der Waals surface area (Å²) < 4.78 is 16.8. The Morgan fingerprint density at radius 1 is 0.269 bits per heavy atom. The molecule has 0 aromatic rings. The first kappa shape index (κ1) is 73.3. The van der Waals surface area contributed by atoms with Gasteiger partial charge in [-0.2, -0.15) is 0 Å². The molecule has 0 saturated carbocycles. The van der Waals surface area contributed by atoms with Crippen molar-refractivity contribution < 1.29 is 28.6 Å². The van der Waals surface area contributed by atoms with Crippen LogP contribution in [-0.2, 0) is 28.6 Å². The second-order valence-corrected chi connectivity index (χ2v) is 20.6. The maximum absolute atomic E-state index is 12.8. The maximum atomic E-state index is 12.8. The zero-order valence-corrected chi connectivity index (χ0v) is 50.4. The fourth-order valence-corrected chi connectivity index (χ4v) is 8.39. The van der Waals surface area contributed by atoms with Crippen LogP contribution in [0.5, 0.6) is 0 Å². The molecule has 0 saturated heterocycles. The predicted octanol–water partition coefficient (Wildman–Crippen LogP) is 21.9. The lowest BCUT2D eigenvalue weighted by atomic mass is 10.0. The summed E-state index contributed by atoms with van der Waals surface area (Å²) in [5.41, 5.74) is 0. The third-order valence-corrected chi connectivity index (χ3v) is 13.1. The molecule has 0 bridgehead atoms. The van der Waals surface area contributed by atoms with E-state index in [1.54, 1.807) is 0 Å². The maximum Gasteiger partial charge on any atom is 0.306 e. The first-order chi connectivity index (χ1) is 38.5. The summed E-state index contributed by atoms with van der Waals surface area (Å²) in [6.45, 7) is 6.36. The Labute approximate surface area is 480 Å². The van der Waals surface area contributed by atoms with Crippen molar-refractivity contribution in [1.29, 1.82) is 0 Å². The van der Waals surface area contributed by atoms with Gasteiger partial charge in [-0.25, -0.2) is 0 Å². The highest BCUT2D eigenvalue weighted by Crippen LogP contribution is 2.15. The van der Waals surface area contributed by atoms with Gasteiger partial charge in [0.15, 0.2) is 6.10 Å². The largest absolute Gasteiger partial charge is 0.462 e. The van der Waals surface area contributed by atoms with E-state index in [1.165, 1.54) is 89.9 Å². The Kier molecular flexibility index (Phi) is 60.9. The fourth-order valence-electron chi connectivity index (χ4n) is 8.39. The van der Waals surface area contributed by atoms with E-state index < -0.39 is 6.10 Å². The van der Waals surface area contributed by atoms with Gasteiger partial charge in [-0.15, -0.1) is 0 Å². The summed E-state index contributed by atoms with van der Waals surface area (Å²) >= 11 is 0. The SMILES string of the molecule is CC/C=C\C/C=C\C/C=C\C/C=C\C/C=C\C/C=C\C/C=C\C/C=C\CCCCCCCCCCC(=O)OCC(COC(=O)CCCCCCCCCCCCCC)OC(=O)CCCC/C=C\C/C=C\C/C=C\C/C=C\CC. The molecule has 6 heteroatoms. The average molecular weight is 1080 g/mol. The summed E-state index contributed by atoms with van der Waals surface area (Å²) in [6.07, 6.45) is 92.9. The molecule has 440 valence electrons. The van der Waals surface area contributed by atoms with Crippen LogP contribution >= 0.6 is 0 Å². The van der Waals surface area contributed by atoms with Crippen LogP contribution in [0.1, 0.15) is 271 Å². The Bertz CT molecular complexity index is 1710. The first-order valence-corrected chi connectivity index (χ1v) is 31.8. The number of unbranched alkanes of at least 4 members (excludes halogenated alkanes) is 21. The van der Waals surface area contributed by atoms with E-state index >= 15 is 0 Å². The molecule has 6 nitrogen and oxygen atoms in total. The van der Waals surface area contributed by atoms with Gasteiger partial charge in [0.25, 0.3) is 0 Å². The van der Waals surface area contributed by atoms with Crippen molar-refractivity contribution in [3.63, 3.8) is 0 Å². The minimum atomic E-state index is -0.807. The van der Waals surface area contributed by atoms with Gasteiger partial charge >= 0.3 is 17.9 Å². The lowest BCUT2D eigenvalue weighted by Gasteiger charge is -2.18. The molecular weight excluding hydrogens is 961 g/mol. The molecule has 0 aliphatic carbocycles. The molecule has 0 aromatic heterocycles. The van der Waals surface area contributed by atoms with Crippen molar-refractivity contribution in [3.8, 4) is 0 Å². The van der Waals surface area contributed by atoms with Crippen LogP contribution in [0, 0.1) is 0 Å². The van der Waals surface area contributed by atoms with Crippen LogP contribution in [0.15, 0.2) is 146 Å². The Hall–Kier alpha value is -4.71. The Balaban J connectivity index is 4.29. The molecular formula is C72H116O6. The van der Waals surface area contributed by atoms with E-state index in [-0.39, 0.29) is 37.5 Å². The smallest absolute Gasteiger partial charge is 0.306 e. The first-order valence-electron chi connectivity index (χ1n) is 31.8. The molecule has 0 heterocycles. The number of rotatable bonds is 56. The van der Waals surface area contributed by atoms with Crippen molar-refractivity contribution in [2.75, 3.05) is 13.2 Å². The number of allylic oxidation sites excluding steroid dienone is 24. The second kappa shape index (κ2) is 64.8. The molecule has 0 rings (SSSR count). The van der Waals surface area contributed by atoms with Crippen LogP contribution in [0.3, 0.4) is 0 Å². The van der Waals surface area contributed by atoms with E-state index in [0.29, 0.717) is 19.3 Å². The van der Waals surface area contributed by atoms with Gasteiger partial charge in [-0.05, 0) is 122 Å². The molecule has 0 aliphatic rings. The molecule has 0 aliphatic heterocycles. The molecule has 0 radical (unpaired) electrons. The highest BCUT2D eigenvalue weighted by atomic mass is 16.6. The van der Waals surface area contributed by atoms with Crippen LogP contribution in [0.4, 0.5) is 0 Å². The van der Waals surface area contributed by atoms with Gasteiger partial charge in [0.05, 0.1) is 0 Å². The third kappa shape index (κ3) is 62.1. The van der Waals surface area contributed by atoms with Gasteiger partial charge < -0.3 is 14.2 Å². The number of esters is 3. The van der Waals surface area contributed by atoms with Gasteiger partial charge in [-0.3, -0.25) is 14.4 Å².